The third kappa shape index (κ3) is 15.8. The Kier molecular flexibility index (Phi) is 18.4. The van der Waals surface area contributed by atoms with Crippen molar-refractivity contribution in [3.63, 3.8) is 0 Å². The summed E-state index contributed by atoms with van der Waals surface area (Å²) in [6.07, 6.45) is 7.97. The normalized spacial score (nSPS) is 13.2. The molecule has 0 amide bonds. The lowest BCUT2D eigenvalue weighted by Gasteiger charge is -2.28. The van der Waals surface area contributed by atoms with Crippen molar-refractivity contribution in [2.75, 3.05) is 55.0 Å². The predicted octanol–water partition coefficient (Wildman–Crippen LogP) is 11.3. The zero-order chi connectivity index (χ0) is 33.4. The topological polar surface area (TPSA) is 9.72 Å². The van der Waals surface area contributed by atoms with Crippen molar-refractivity contribution in [2.24, 2.45) is 0 Å². The van der Waals surface area contributed by atoms with E-state index in [0.717, 1.165) is 11.4 Å². The molecule has 2 heterocycles. The van der Waals surface area contributed by atoms with E-state index >= 15 is 0 Å². The Bertz CT molecular complexity index is 1400. The standard InChI is InChI=1S/C11H15N.C10H13N.C8H11N.C8H10.C6H5Cl/c1-3-7-11(8-4-1)12-9-5-2-6-10-12;1-2-6-10(7-3-1)11-8-4-5-9-11;1-9(2)8-6-4-3-5-7-8;1-2-8-6-4-3-5-7-8;7-6-4-2-1-3-5-6/h1,3-4,7-8H,2,5-6,9-10H2;1-3,6-7H,4-5,8-9H2;3-7H,1-2H3;3-7H,2H2,1H3;1-5H. The molecule has 5 aromatic rings. The summed E-state index contributed by atoms with van der Waals surface area (Å²) in [5, 5.41) is 0.794. The van der Waals surface area contributed by atoms with Gasteiger partial charge in [0.05, 0.1) is 0 Å². The number of hydrogen-bond donors (Lipinski definition) is 0. The maximum atomic E-state index is 5.54. The van der Waals surface area contributed by atoms with E-state index in [1.165, 1.54) is 80.9 Å². The highest BCUT2D eigenvalue weighted by atomic mass is 35.5. The first-order valence-electron chi connectivity index (χ1n) is 17.1. The van der Waals surface area contributed by atoms with Crippen molar-refractivity contribution in [1.82, 2.24) is 0 Å². The Labute approximate surface area is 290 Å². The summed E-state index contributed by atoms with van der Waals surface area (Å²) in [5.74, 6) is 0. The fraction of sp³-hybridized carbons (Fsp3) is 0.302. The summed E-state index contributed by atoms with van der Waals surface area (Å²) in [7, 11) is 4.07. The molecule has 0 spiro atoms. The molecule has 248 valence electrons. The van der Waals surface area contributed by atoms with Crippen molar-refractivity contribution < 1.29 is 0 Å². The maximum Gasteiger partial charge on any atom is 0.0405 e. The number of piperidine rings is 1. The van der Waals surface area contributed by atoms with Gasteiger partial charge in [-0.1, -0.05) is 122 Å². The SMILES string of the molecule is CCc1ccccc1.CN(C)c1ccccc1.Clc1ccccc1.c1ccc(N2CCCC2)cc1.c1ccc(N2CCCCC2)cc1. The molecule has 5 aromatic carbocycles. The van der Waals surface area contributed by atoms with E-state index < -0.39 is 0 Å². The van der Waals surface area contributed by atoms with Gasteiger partial charge in [0.15, 0.2) is 0 Å². The van der Waals surface area contributed by atoms with Gasteiger partial charge < -0.3 is 14.7 Å². The number of para-hydroxylation sites is 3. The molecular weight excluding hydrogens is 594 g/mol. The molecule has 0 bridgehead atoms. The van der Waals surface area contributed by atoms with Gasteiger partial charge in [-0.3, -0.25) is 0 Å². The molecule has 3 nitrogen and oxygen atoms in total. The number of benzene rings is 5. The van der Waals surface area contributed by atoms with Gasteiger partial charge in [-0.2, -0.15) is 0 Å². The number of aryl methyl sites for hydroxylation is 1. The van der Waals surface area contributed by atoms with Crippen LogP contribution in [0.5, 0.6) is 0 Å². The lowest BCUT2D eigenvalue weighted by Crippen LogP contribution is -2.29. The van der Waals surface area contributed by atoms with Crippen LogP contribution in [0.3, 0.4) is 0 Å². The maximum absolute atomic E-state index is 5.54. The molecular formula is C43H54ClN3. The van der Waals surface area contributed by atoms with Crippen LogP contribution in [0.4, 0.5) is 17.1 Å². The molecule has 0 saturated carbocycles. The van der Waals surface area contributed by atoms with Gasteiger partial charge >= 0.3 is 0 Å². The first-order valence-corrected chi connectivity index (χ1v) is 17.5. The average Bonchev–Trinajstić information content (AvgIpc) is 3.71. The van der Waals surface area contributed by atoms with Crippen molar-refractivity contribution in [3.8, 4) is 0 Å². The minimum atomic E-state index is 0.794. The Morgan fingerprint density at radius 1 is 0.468 bits per heavy atom. The smallest absolute Gasteiger partial charge is 0.0405 e. The van der Waals surface area contributed by atoms with Crippen molar-refractivity contribution in [3.05, 3.63) is 162 Å². The Balaban J connectivity index is 0.000000162. The minimum Gasteiger partial charge on any atom is -0.378 e. The fourth-order valence-electron chi connectivity index (χ4n) is 5.26. The van der Waals surface area contributed by atoms with E-state index in [1.807, 2.05) is 68.7 Å². The largest absolute Gasteiger partial charge is 0.378 e. The monoisotopic (exact) mass is 647 g/mol. The number of nitrogens with zero attached hydrogens (tertiary/aromatic N) is 3. The van der Waals surface area contributed by atoms with Crippen LogP contribution in [0.2, 0.25) is 5.02 Å². The van der Waals surface area contributed by atoms with E-state index in [2.05, 4.69) is 119 Å². The quantitative estimate of drug-likeness (QED) is 0.192. The second-order valence-electron chi connectivity index (χ2n) is 11.8. The van der Waals surface area contributed by atoms with Crippen LogP contribution < -0.4 is 14.7 Å². The van der Waals surface area contributed by atoms with Gasteiger partial charge in [0.2, 0.25) is 0 Å². The van der Waals surface area contributed by atoms with Crippen LogP contribution in [0.15, 0.2) is 152 Å². The second kappa shape index (κ2) is 23.2. The Hall–Kier alpha value is -4.21. The molecule has 0 aromatic heterocycles. The highest BCUT2D eigenvalue weighted by Gasteiger charge is 2.11. The Morgan fingerprint density at radius 2 is 0.809 bits per heavy atom. The number of anilines is 3. The molecule has 2 fully saturated rings. The zero-order valence-electron chi connectivity index (χ0n) is 28.7. The van der Waals surface area contributed by atoms with Crippen LogP contribution in [-0.2, 0) is 6.42 Å². The molecule has 0 aliphatic carbocycles. The summed E-state index contributed by atoms with van der Waals surface area (Å²) in [5.41, 5.74) is 5.42. The van der Waals surface area contributed by atoms with E-state index in [4.69, 9.17) is 11.6 Å². The van der Waals surface area contributed by atoms with Crippen molar-refractivity contribution in [2.45, 2.75) is 45.4 Å². The predicted molar refractivity (Wildman–Crippen MR) is 208 cm³/mol. The third-order valence-corrected chi connectivity index (χ3v) is 8.21. The molecule has 2 aliphatic rings. The lowest BCUT2D eigenvalue weighted by atomic mass is 10.1. The van der Waals surface area contributed by atoms with Crippen LogP contribution in [0, 0.1) is 0 Å². The molecule has 7 rings (SSSR count). The number of rotatable bonds is 4. The van der Waals surface area contributed by atoms with E-state index in [0.29, 0.717) is 0 Å². The minimum absolute atomic E-state index is 0.794. The molecule has 47 heavy (non-hydrogen) atoms. The van der Waals surface area contributed by atoms with E-state index in [1.54, 1.807) is 0 Å². The molecule has 0 radical (unpaired) electrons. The zero-order valence-corrected chi connectivity index (χ0v) is 29.5. The summed E-state index contributed by atoms with van der Waals surface area (Å²) < 4.78 is 0. The van der Waals surface area contributed by atoms with Gasteiger partial charge in [0, 0.05) is 62.4 Å². The number of halogens is 1. The van der Waals surface area contributed by atoms with Crippen LogP contribution in [-0.4, -0.2) is 40.3 Å². The van der Waals surface area contributed by atoms with Gasteiger partial charge in [-0.25, -0.2) is 0 Å². The number of hydrogen-bond acceptors (Lipinski definition) is 3. The first-order chi connectivity index (χ1) is 23.1. The van der Waals surface area contributed by atoms with Crippen molar-refractivity contribution in [1.29, 1.82) is 0 Å². The molecule has 0 atom stereocenters. The molecule has 0 N–H and O–H groups in total. The second-order valence-corrected chi connectivity index (χ2v) is 12.2. The van der Waals surface area contributed by atoms with Crippen molar-refractivity contribution >= 4 is 28.7 Å². The third-order valence-electron chi connectivity index (χ3n) is 7.96. The van der Waals surface area contributed by atoms with Gasteiger partial charge in [-0.15, -0.1) is 0 Å². The summed E-state index contributed by atoms with van der Waals surface area (Å²) in [4.78, 5) is 7.00. The summed E-state index contributed by atoms with van der Waals surface area (Å²) >= 11 is 5.54. The van der Waals surface area contributed by atoms with Crippen LogP contribution in [0.25, 0.3) is 0 Å². The highest BCUT2D eigenvalue weighted by Crippen LogP contribution is 2.19. The molecule has 2 saturated heterocycles. The van der Waals surface area contributed by atoms with Gasteiger partial charge in [0.1, 0.15) is 0 Å². The van der Waals surface area contributed by atoms with E-state index in [-0.39, 0.29) is 0 Å². The molecule has 0 unspecified atom stereocenters. The van der Waals surface area contributed by atoms with Gasteiger partial charge in [0.25, 0.3) is 0 Å². The first kappa shape index (κ1) is 37.2. The molecule has 4 heteroatoms. The summed E-state index contributed by atoms with van der Waals surface area (Å²) in [6, 6.07) is 51.5. The van der Waals surface area contributed by atoms with E-state index in [9.17, 15) is 0 Å². The summed E-state index contributed by atoms with van der Waals surface area (Å²) in [6.45, 7) is 7.12. The highest BCUT2D eigenvalue weighted by molar-refractivity contribution is 6.30. The van der Waals surface area contributed by atoms with Crippen LogP contribution in [0.1, 0.15) is 44.6 Å². The lowest BCUT2D eigenvalue weighted by molar-refractivity contribution is 0.578. The molecule has 2 aliphatic heterocycles. The fourth-order valence-corrected chi connectivity index (χ4v) is 5.41. The van der Waals surface area contributed by atoms with Crippen LogP contribution >= 0.6 is 11.6 Å². The van der Waals surface area contributed by atoms with Gasteiger partial charge in [-0.05, 0) is 92.6 Å². The Morgan fingerprint density at radius 3 is 1.11 bits per heavy atom. The average molecular weight is 648 g/mol.